The van der Waals surface area contributed by atoms with Crippen molar-refractivity contribution in [1.29, 1.82) is 0 Å². The van der Waals surface area contributed by atoms with Crippen molar-refractivity contribution in [2.45, 2.75) is 0 Å². The Morgan fingerprint density at radius 3 is 1.78 bits per heavy atom. The summed E-state index contributed by atoms with van der Waals surface area (Å²) in [6.07, 6.45) is 5.42. The van der Waals surface area contributed by atoms with Crippen LogP contribution in [0.2, 0.25) is 0 Å². The van der Waals surface area contributed by atoms with Crippen LogP contribution in [0.25, 0.3) is 0 Å². The summed E-state index contributed by atoms with van der Waals surface area (Å²) in [5.74, 6) is 0. The zero-order valence-electron chi connectivity index (χ0n) is 4.38. The third-order valence-corrected chi connectivity index (χ3v) is 0.637. The lowest BCUT2D eigenvalue weighted by Crippen LogP contribution is -1.90. The highest BCUT2D eigenvalue weighted by atomic mass is 35.5. The second-order valence-electron chi connectivity index (χ2n) is 0.950. The molecule has 0 aromatic rings. The lowest BCUT2D eigenvalue weighted by atomic mass is 10.9. The van der Waals surface area contributed by atoms with Gasteiger partial charge in [-0.25, -0.2) is 0 Å². The first-order valence-electron chi connectivity index (χ1n) is 2.02. The molecule has 52 valence electrons. The molecule has 0 bridgehead atoms. The van der Waals surface area contributed by atoms with Gasteiger partial charge in [-0.05, 0) is 0 Å². The van der Waals surface area contributed by atoms with Crippen LogP contribution < -0.4 is 5.32 Å². The Kier molecular flexibility index (Phi) is 7.01. The smallest absolute Gasteiger partial charge is 0.134 e. The number of nitrogens with one attached hydrogen (secondary N) is 1. The van der Waals surface area contributed by atoms with E-state index in [4.69, 9.17) is 23.7 Å². The van der Waals surface area contributed by atoms with Crippen molar-refractivity contribution < 1.29 is 8.58 Å². The topological polar surface area (TPSA) is 30.5 Å². The van der Waals surface area contributed by atoms with Crippen LogP contribution in [-0.2, 0) is 8.58 Å². The normalized spacial score (nSPS) is 10.4. The van der Waals surface area contributed by atoms with Crippen molar-refractivity contribution in [3.8, 4) is 0 Å². The number of rotatable bonds is 4. The van der Waals surface area contributed by atoms with E-state index in [1.54, 1.807) is 0 Å². The van der Waals surface area contributed by atoms with E-state index in [1.165, 1.54) is 24.9 Å². The summed E-state index contributed by atoms with van der Waals surface area (Å²) in [5.41, 5.74) is 0. The van der Waals surface area contributed by atoms with Gasteiger partial charge in [0.25, 0.3) is 0 Å². The molecule has 1 N–H and O–H groups in total. The monoisotopic (exact) mass is 169 g/mol. The minimum atomic E-state index is 1.25. The predicted molar refractivity (Wildman–Crippen MR) is 35.3 cm³/mol. The Morgan fingerprint density at radius 2 is 1.44 bits per heavy atom. The Labute approximate surface area is 63.2 Å². The molecule has 0 aromatic heterocycles. The number of halogens is 2. The zero-order chi connectivity index (χ0) is 6.95. The number of hydrogen-bond donors (Lipinski definition) is 1. The van der Waals surface area contributed by atoms with Crippen molar-refractivity contribution in [2.24, 2.45) is 0 Å². The summed E-state index contributed by atoms with van der Waals surface area (Å²) in [4.78, 5) is 0. The maximum absolute atomic E-state index is 4.81. The van der Waals surface area contributed by atoms with Gasteiger partial charge in [0.15, 0.2) is 0 Å². The van der Waals surface area contributed by atoms with Crippen LogP contribution in [0.15, 0.2) is 24.9 Å². The molecule has 0 heterocycles. The second kappa shape index (κ2) is 7.46. The molecule has 0 aliphatic heterocycles. The average molecular weight is 170 g/mol. The Hall–Kier alpha value is -0.540. The molecular formula is C4H5Cl2NO2. The molecule has 5 heteroatoms. The molecule has 9 heavy (non-hydrogen) atoms. The molecule has 0 atom stereocenters. The van der Waals surface area contributed by atoms with Gasteiger partial charge in [-0.2, -0.15) is 0 Å². The standard InChI is InChI=1S/C4H5Cl2NO2/c5-8-3-1-7-2-4-9-6/h1-4,7H/b3-1+,4-2+. The van der Waals surface area contributed by atoms with Gasteiger partial charge < -0.3 is 13.9 Å². The highest BCUT2D eigenvalue weighted by Gasteiger charge is 1.66. The molecule has 0 aromatic carbocycles. The molecule has 0 radical (unpaired) electrons. The first-order valence-corrected chi connectivity index (χ1v) is 2.64. The quantitative estimate of drug-likeness (QED) is 0.653. The first-order chi connectivity index (χ1) is 4.41. The molecule has 0 fully saturated rings. The molecule has 0 amide bonds. The van der Waals surface area contributed by atoms with Crippen molar-refractivity contribution in [3.05, 3.63) is 24.9 Å². The fraction of sp³-hybridized carbons (Fsp3) is 0. The highest BCUT2D eigenvalue weighted by molar-refractivity contribution is 6.07. The van der Waals surface area contributed by atoms with Gasteiger partial charge in [0.1, 0.15) is 36.3 Å². The summed E-state index contributed by atoms with van der Waals surface area (Å²) >= 11 is 9.61. The Balaban J connectivity index is 3.08. The minimum absolute atomic E-state index is 1.25. The molecule has 0 aliphatic rings. The molecule has 3 nitrogen and oxygen atoms in total. The van der Waals surface area contributed by atoms with E-state index in [1.807, 2.05) is 0 Å². The molecule has 0 saturated carbocycles. The first kappa shape index (κ1) is 8.46. The lowest BCUT2D eigenvalue weighted by Gasteiger charge is -1.85. The van der Waals surface area contributed by atoms with Crippen molar-refractivity contribution in [1.82, 2.24) is 5.32 Å². The van der Waals surface area contributed by atoms with Crippen LogP contribution in [0, 0.1) is 0 Å². The fourth-order valence-electron chi connectivity index (χ4n) is 0.186. The predicted octanol–water partition coefficient (Wildman–Crippen LogP) is 1.86. The summed E-state index contributed by atoms with van der Waals surface area (Å²) in [5, 5.41) is 2.61. The van der Waals surface area contributed by atoms with E-state index in [9.17, 15) is 0 Å². The summed E-state index contributed by atoms with van der Waals surface area (Å²) in [7, 11) is 0. The van der Waals surface area contributed by atoms with Crippen LogP contribution in [0.5, 0.6) is 0 Å². The molecule has 0 rings (SSSR count). The maximum atomic E-state index is 4.81. The highest BCUT2D eigenvalue weighted by Crippen LogP contribution is 1.80. The SMILES string of the molecule is ClO/C=C/N/C=C/OCl. The average Bonchev–Trinajstić information content (AvgIpc) is 1.89. The minimum Gasteiger partial charge on any atom is -0.392 e. The molecule has 0 spiro atoms. The van der Waals surface area contributed by atoms with Crippen molar-refractivity contribution in [2.75, 3.05) is 0 Å². The van der Waals surface area contributed by atoms with E-state index in [0.29, 0.717) is 0 Å². The summed E-state index contributed by atoms with van der Waals surface area (Å²) in [6, 6.07) is 0. The third kappa shape index (κ3) is 7.46. The lowest BCUT2D eigenvalue weighted by molar-refractivity contribution is 0.528. The van der Waals surface area contributed by atoms with Gasteiger partial charge in [0.05, 0.1) is 0 Å². The van der Waals surface area contributed by atoms with E-state index in [2.05, 4.69) is 13.9 Å². The van der Waals surface area contributed by atoms with Crippen LogP contribution in [0.4, 0.5) is 0 Å². The van der Waals surface area contributed by atoms with Crippen LogP contribution in [0.1, 0.15) is 0 Å². The Bertz CT molecular complexity index is 92.7. The Morgan fingerprint density at radius 1 is 1.00 bits per heavy atom. The molecule has 0 unspecified atom stereocenters. The van der Waals surface area contributed by atoms with Crippen LogP contribution >= 0.6 is 23.7 Å². The maximum Gasteiger partial charge on any atom is 0.134 e. The van der Waals surface area contributed by atoms with Crippen LogP contribution in [0.3, 0.4) is 0 Å². The molecule has 0 saturated heterocycles. The van der Waals surface area contributed by atoms with Gasteiger partial charge in [-0.1, -0.05) is 0 Å². The molecule has 0 aliphatic carbocycles. The van der Waals surface area contributed by atoms with Crippen LogP contribution in [-0.4, -0.2) is 0 Å². The summed E-state index contributed by atoms with van der Waals surface area (Å²) in [6.45, 7) is 0. The van der Waals surface area contributed by atoms with E-state index in [-0.39, 0.29) is 0 Å². The zero-order valence-corrected chi connectivity index (χ0v) is 5.89. The van der Waals surface area contributed by atoms with E-state index >= 15 is 0 Å². The van der Waals surface area contributed by atoms with Gasteiger partial charge in [-0.15, -0.1) is 0 Å². The second-order valence-corrected chi connectivity index (χ2v) is 1.31. The van der Waals surface area contributed by atoms with Crippen molar-refractivity contribution >= 4 is 23.7 Å². The molecular weight excluding hydrogens is 165 g/mol. The van der Waals surface area contributed by atoms with Crippen molar-refractivity contribution in [3.63, 3.8) is 0 Å². The number of hydrogen-bond acceptors (Lipinski definition) is 3. The van der Waals surface area contributed by atoms with Gasteiger partial charge >= 0.3 is 0 Å². The summed E-state index contributed by atoms with van der Waals surface area (Å²) < 4.78 is 8.09. The fourth-order valence-corrected chi connectivity index (χ4v) is 0.288. The largest absolute Gasteiger partial charge is 0.392 e. The van der Waals surface area contributed by atoms with E-state index in [0.717, 1.165) is 0 Å². The third-order valence-electron chi connectivity index (χ3n) is 0.431. The van der Waals surface area contributed by atoms with Gasteiger partial charge in [0.2, 0.25) is 0 Å². The van der Waals surface area contributed by atoms with E-state index < -0.39 is 0 Å². The van der Waals surface area contributed by atoms with Gasteiger partial charge in [0, 0.05) is 12.4 Å². The van der Waals surface area contributed by atoms with Gasteiger partial charge in [-0.3, -0.25) is 0 Å².